The molecule has 1 aliphatic rings. The second-order valence-corrected chi connectivity index (χ2v) is 13.5. The predicted octanol–water partition coefficient (Wildman–Crippen LogP) is 5.85. The van der Waals surface area contributed by atoms with Gasteiger partial charge < -0.3 is 13.9 Å². The van der Waals surface area contributed by atoms with Gasteiger partial charge in [0.15, 0.2) is 6.54 Å². The number of aromatic nitrogens is 1. The SMILES string of the molecule is C[N+](C)(C)CCCN1C(=CC=Cc2sc3ccccc3[n+]2CCC[N+](C)(C)C)Sc2ccccc21. The van der Waals surface area contributed by atoms with Crippen LogP contribution < -0.4 is 9.47 Å². The Kier molecular flexibility index (Phi) is 8.06. The van der Waals surface area contributed by atoms with Gasteiger partial charge in [-0.1, -0.05) is 53.4 Å². The van der Waals surface area contributed by atoms with Crippen molar-refractivity contribution in [1.29, 1.82) is 0 Å². The minimum Gasteiger partial charge on any atom is -0.335 e. The van der Waals surface area contributed by atoms with Gasteiger partial charge in [-0.05, 0) is 24.3 Å². The van der Waals surface area contributed by atoms with E-state index >= 15 is 0 Å². The first kappa shape index (κ1) is 26.0. The number of hydrogen-bond acceptors (Lipinski definition) is 3. The van der Waals surface area contributed by atoms with Gasteiger partial charge in [-0.25, -0.2) is 0 Å². The fourth-order valence-electron chi connectivity index (χ4n) is 4.43. The standard InChI is InChI=1S/C29H41N4S2/c1-32(2,3)22-12-20-30-24-14-7-9-16-26(24)34-28(30)18-11-19-29-31(21-13-23-33(4,5)6)25-15-8-10-17-27(25)35-29/h7-11,14-19H,12-13,20-23H2,1-6H3/q+3. The minimum atomic E-state index is 1.00. The smallest absolute Gasteiger partial charge is 0.262 e. The molecule has 1 aromatic heterocycles. The molecule has 0 unspecified atom stereocenters. The summed E-state index contributed by atoms with van der Waals surface area (Å²) in [4.78, 5) is 3.86. The molecule has 0 radical (unpaired) electrons. The number of hydrogen-bond donors (Lipinski definition) is 0. The maximum Gasteiger partial charge on any atom is 0.262 e. The normalized spacial score (nSPS) is 15.6. The Bertz CT molecular complexity index is 1210. The molecule has 0 spiro atoms. The lowest BCUT2D eigenvalue weighted by atomic mass is 10.2. The highest BCUT2D eigenvalue weighted by Gasteiger charge is 2.25. The topological polar surface area (TPSA) is 7.12 Å². The predicted molar refractivity (Wildman–Crippen MR) is 154 cm³/mol. The maximum absolute atomic E-state index is 2.50. The van der Waals surface area contributed by atoms with E-state index in [1.165, 1.54) is 56.8 Å². The highest BCUT2D eigenvalue weighted by Crippen LogP contribution is 2.45. The third-order valence-electron chi connectivity index (χ3n) is 6.17. The highest BCUT2D eigenvalue weighted by atomic mass is 32.2. The van der Waals surface area contributed by atoms with E-state index in [9.17, 15) is 0 Å². The Morgan fingerprint density at radius 2 is 1.54 bits per heavy atom. The summed E-state index contributed by atoms with van der Waals surface area (Å²) < 4.78 is 5.86. The lowest BCUT2D eigenvalue weighted by Crippen LogP contribution is -2.40. The number of quaternary nitrogens is 2. The molecule has 1 aliphatic heterocycles. The molecule has 4 rings (SSSR count). The summed E-state index contributed by atoms with van der Waals surface area (Å²) in [6, 6.07) is 17.6. The number of rotatable bonds is 10. The van der Waals surface area contributed by atoms with E-state index in [1.807, 2.05) is 23.1 Å². The number of thioether (sulfide) groups is 1. The van der Waals surface area contributed by atoms with Gasteiger partial charge in [0.05, 0.1) is 72.5 Å². The van der Waals surface area contributed by atoms with Gasteiger partial charge in [-0.3, -0.25) is 0 Å². The molecule has 2 heterocycles. The molecule has 0 atom stereocenters. The third kappa shape index (κ3) is 6.98. The van der Waals surface area contributed by atoms with Crippen LogP contribution in [0.3, 0.4) is 0 Å². The number of anilines is 1. The van der Waals surface area contributed by atoms with E-state index in [1.54, 1.807) is 0 Å². The van der Waals surface area contributed by atoms with E-state index < -0.39 is 0 Å². The molecule has 0 aliphatic carbocycles. The van der Waals surface area contributed by atoms with Crippen LogP contribution in [-0.2, 0) is 6.54 Å². The van der Waals surface area contributed by atoms with Crippen molar-refractivity contribution in [2.45, 2.75) is 24.3 Å². The van der Waals surface area contributed by atoms with Crippen LogP contribution in [0.2, 0.25) is 0 Å². The van der Waals surface area contributed by atoms with E-state index in [0.717, 1.165) is 22.1 Å². The largest absolute Gasteiger partial charge is 0.335 e. The molecule has 0 saturated carbocycles. The van der Waals surface area contributed by atoms with Crippen LogP contribution in [0.4, 0.5) is 5.69 Å². The van der Waals surface area contributed by atoms with Crippen molar-refractivity contribution in [2.24, 2.45) is 0 Å². The first-order valence-corrected chi connectivity index (χ1v) is 14.2. The summed E-state index contributed by atoms with van der Waals surface area (Å²) in [7, 11) is 13.6. The van der Waals surface area contributed by atoms with Crippen molar-refractivity contribution in [3.8, 4) is 0 Å². The van der Waals surface area contributed by atoms with Crippen molar-refractivity contribution >= 4 is 45.1 Å². The lowest BCUT2D eigenvalue weighted by Gasteiger charge is -2.26. The Balaban J connectivity index is 1.55. The van der Waals surface area contributed by atoms with Gasteiger partial charge in [-0.2, -0.15) is 4.57 Å². The fourth-order valence-corrected chi connectivity index (χ4v) is 6.64. The van der Waals surface area contributed by atoms with Gasteiger partial charge in [0.25, 0.3) is 5.01 Å². The van der Waals surface area contributed by atoms with Gasteiger partial charge >= 0.3 is 0 Å². The quantitative estimate of drug-likeness (QED) is 0.250. The average Bonchev–Trinajstić information content (AvgIpc) is 3.30. The van der Waals surface area contributed by atoms with Crippen molar-refractivity contribution in [3.63, 3.8) is 0 Å². The third-order valence-corrected chi connectivity index (χ3v) is 8.43. The number of nitrogens with zero attached hydrogens (tertiary/aromatic N) is 4. The molecule has 4 nitrogen and oxygen atoms in total. The second-order valence-electron chi connectivity index (χ2n) is 11.4. The zero-order valence-electron chi connectivity index (χ0n) is 22.2. The molecule has 3 aromatic rings. The summed E-state index contributed by atoms with van der Waals surface area (Å²) in [5.41, 5.74) is 2.69. The van der Waals surface area contributed by atoms with Crippen LogP contribution in [0.15, 0.2) is 70.6 Å². The second kappa shape index (κ2) is 10.9. The number of aryl methyl sites for hydroxylation is 1. The van der Waals surface area contributed by atoms with Crippen molar-refractivity contribution in [1.82, 2.24) is 0 Å². The zero-order valence-corrected chi connectivity index (χ0v) is 23.8. The van der Waals surface area contributed by atoms with Gasteiger partial charge in [0.2, 0.25) is 5.52 Å². The Labute approximate surface area is 220 Å². The molecular weight excluding hydrogens is 468 g/mol. The van der Waals surface area contributed by atoms with Crippen LogP contribution in [0.25, 0.3) is 16.3 Å². The van der Waals surface area contributed by atoms with Crippen molar-refractivity contribution in [2.75, 3.05) is 66.8 Å². The first-order chi connectivity index (χ1) is 16.6. The lowest BCUT2D eigenvalue weighted by molar-refractivity contribution is -0.873. The molecular formula is C29H41N4S2+3. The monoisotopic (exact) mass is 509 g/mol. The van der Waals surface area contributed by atoms with Crippen molar-refractivity contribution in [3.05, 3.63) is 70.7 Å². The highest BCUT2D eigenvalue weighted by molar-refractivity contribution is 8.03. The molecule has 0 fully saturated rings. The van der Waals surface area contributed by atoms with Crippen LogP contribution >= 0.6 is 23.1 Å². The van der Waals surface area contributed by atoms with Gasteiger partial charge in [0, 0.05) is 30.0 Å². The Morgan fingerprint density at radius 1 is 0.857 bits per heavy atom. The van der Waals surface area contributed by atoms with Crippen LogP contribution in [0.5, 0.6) is 0 Å². The number of fused-ring (bicyclic) bond motifs is 2. The molecule has 0 amide bonds. The summed E-state index contributed by atoms with van der Waals surface area (Å²) >= 11 is 3.78. The number of allylic oxidation sites excluding steroid dienone is 2. The van der Waals surface area contributed by atoms with Gasteiger partial charge in [-0.15, -0.1) is 0 Å². The summed E-state index contributed by atoms with van der Waals surface area (Å²) in [6.07, 6.45) is 9.20. The van der Waals surface area contributed by atoms with E-state index in [2.05, 4.69) is 119 Å². The molecule has 0 N–H and O–H groups in total. The van der Waals surface area contributed by atoms with E-state index in [0.29, 0.717) is 0 Å². The first-order valence-electron chi connectivity index (χ1n) is 12.6. The van der Waals surface area contributed by atoms with Crippen LogP contribution in [0, 0.1) is 0 Å². The average molecular weight is 510 g/mol. The molecule has 35 heavy (non-hydrogen) atoms. The van der Waals surface area contributed by atoms with Crippen LogP contribution in [-0.4, -0.2) is 70.9 Å². The Morgan fingerprint density at radius 3 is 2.31 bits per heavy atom. The molecule has 0 bridgehead atoms. The minimum absolute atomic E-state index is 1.00. The number of thiazole rings is 1. The van der Waals surface area contributed by atoms with E-state index in [4.69, 9.17) is 0 Å². The van der Waals surface area contributed by atoms with E-state index in [-0.39, 0.29) is 0 Å². The molecule has 2 aromatic carbocycles. The van der Waals surface area contributed by atoms with Crippen molar-refractivity contribution < 1.29 is 13.5 Å². The zero-order chi connectivity index (χ0) is 25.1. The maximum atomic E-state index is 2.50. The fraction of sp³-hybridized carbons (Fsp3) is 0.414. The number of para-hydroxylation sites is 2. The summed E-state index contributed by atoms with van der Waals surface area (Å²) in [5, 5.41) is 2.64. The summed E-state index contributed by atoms with van der Waals surface area (Å²) in [6.45, 7) is 4.43. The summed E-state index contributed by atoms with van der Waals surface area (Å²) in [5.74, 6) is 0. The van der Waals surface area contributed by atoms with Crippen LogP contribution in [0.1, 0.15) is 17.8 Å². The molecule has 186 valence electrons. The molecule has 0 saturated heterocycles. The Hall–Kier alpha value is -2.12. The molecule has 6 heteroatoms. The van der Waals surface area contributed by atoms with Gasteiger partial charge in [0.1, 0.15) is 4.70 Å². The number of benzene rings is 2.